The van der Waals surface area contributed by atoms with Gasteiger partial charge >= 0.3 is 0 Å². The Labute approximate surface area is 414 Å². The van der Waals surface area contributed by atoms with Gasteiger partial charge in [0.2, 0.25) is 0 Å². The monoisotopic (exact) mass is 909 g/mol. The third kappa shape index (κ3) is 6.02. The number of nitrogens with zero attached hydrogens (tertiary/aromatic N) is 3. The molecule has 0 fully saturated rings. The van der Waals surface area contributed by atoms with E-state index in [0.717, 1.165) is 47.7 Å². The number of anilines is 3. The first kappa shape index (κ1) is 41.3. The molecule has 0 saturated heterocycles. The van der Waals surface area contributed by atoms with E-state index in [2.05, 4.69) is 265 Å². The van der Waals surface area contributed by atoms with Gasteiger partial charge in [0, 0.05) is 50.0 Å². The zero-order chi connectivity index (χ0) is 47.2. The van der Waals surface area contributed by atoms with Gasteiger partial charge in [-0.1, -0.05) is 159 Å². The number of hydrogen-bond acceptors (Lipinski definition) is 1. The van der Waals surface area contributed by atoms with Gasteiger partial charge in [-0.25, -0.2) is 0 Å². The lowest BCUT2D eigenvalue weighted by Crippen LogP contribution is -2.27. The molecular weight excluding hydrogens is 859 g/mol. The molecule has 0 aliphatic heterocycles. The Morgan fingerprint density at radius 1 is 0.507 bits per heavy atom. The van der Waals surface area contributed by atoms with Crippen molar-refractivity contribution in [2.45, 2.75) is 38.5 Å². The van der Waals surface area contributed by atoms with Crippen LogP contribution in [0.5, 0.6) is 0 Å². The smallest absolute Gasteiger partial charge is 0.0688 e. The minimum absolute atomic E-state index is 0.345. The second-order valence-electron chi connectivity index (χ2n) is 19.3. The van der Waals surface area contributed by atoms with Crippen molar-refractivity contribution in [1.82, 2.24) is 9.13 Å². The Morgan fingerprint density at radius 2 is 1.10 bits per heavy atom. The van der Waals surface area contributed by atoms with Crippen LogP contribution in [0.4, 0.5) is 17.1 Å². The zero-order valence-corrected chi connectivity index (χ0v) is 40.0. The molecule has 14 rings (SSSR count). The maximum atomic E-state index is 2.58. The van der Waals surface area contributed by atoms with E-state index in [4.69, 9.17) is 0 Å². The van der Waals surface area contributed by atoms with Gasteiger partial charge in [-0.2, -0.15) is 0 Å². The van der Waals surface area contributed by atoms with Crippen molar-refractivity contribution in [1.29, 1.82) is 0 Å². The highest BCUT2D eigenvalue weighted by molar-refractivity contribution is 6.14. The molecule has 3 aliphatic rings. The Kier molecular flexibility index (Phi) is 9.44. The minimum Gasteiger partial charge on any atom is -0.310 e. The largest absolute Gasteiger partial charge is 0.310 e. The summed E-state index contributed by atoms with van der Waals surface area (Å²) in [5, 5.41) is 4.95. The summed E-state index contributed by atoms with van der Waals surface area (Å²) in [6, 6.07) is 77.4. The van der Waals surface area contributed by atoms with Crippen molar-refractivity contribution in [3.8, 4) is 22.5 Å². The summed E-state index contributed by atoms with van der Waals surface area (Å²) in [6.07, 6.45) is 14.5. The summed E-state index contributed by atoms with van der Waals surface area (Å²) in [7, 11) is 0. The third-order valence-electron chi connectivity index (χ3n) is 15.6. The molecule has 0 N–H and O–H groups in total. The first-order valence-corrected chi connectivity index (χ1v) is 25.3. The molecule has 3 heteroatoms. The van der Waals surface area contributed by atoms with E-state index in [9.17, 15) is 0 Å². The van der Waals surface area contributed by atoms with Crippen LogP contribution in [0.3, 0.4) is 0 Å². The van der Waals surface area contributed by atoms with Gasteiger partial charge in [0.1, 0.15) is 0 Å². The quantitative estimate of drug-likeness (QED) is 0.138. The lowest BCUT2D eigenvalue weighted by Gasteiger charge is -2.33. The maximum absolute atomic E-state index is 2.58. The topological polar surface area (TPSA) is 13.1 Å². The third-order valence-corrected chi connectivity index (χ3v) is 15.6. The predicted molar refractivity (Wildman–Crippen MR) is 300 cm³/mol. The van der Waals surface area contributed by atoms with E-state index in [-0.39, 0.29) is 5.41 Å². The van der Waals surface area contributed by atoms with Gasteiger partial charge < -0.3 is 14.0 Å². The predicted octanol–water partition coefficient (Wildman–Crippen LogP) is 18.2. The van der Waals surface area contributed by atoms with Crippen LogP contribution in [0.2, 0.25) is 0 Å². The molecule has 2 heterocycles. The van der Waals surface area contributed by atoms with Crippen molar-refractivity contribution < 1.29 is 0 Å². The summed E-state index contributed by atoms with van der Waals surface area (Å²) < 4.78 is 4.91. The average Bonchev–Trinajstić information content (AvgIpc) is 4.13. The standard InChI is InChI=1S/C68H51N3/c1-3-19-45(20-4-2)46-33-35-49(36-34-46)69(50-38-40-65-58(41-50)55-28-14-18-32-64(55)70(65)47-21-7-5-8-22-47)51-37-39-56-59-43-63-57(44-67(59)71(66(56)42-51)48-23-9-6-10-24-48)54-27-13-17-31-62(54)68(63)60-29-15-11-25-52(60)53-26-12-16-30-61(53)68/h3,5-15,17-29,31-44H,4,16,30H2,1-2H3/b19-3-,45-20+. The number of benzene rings is 9. The molecule has 0 bridgehead atoms. The molecule has 338 valence electrons. The normalized spacial score (nSPS) is 15.9. The van der Waals surface area contributed by atoms with Gasteiger partial charge in [-0.3, -0.25) is 0 Å². The first-order chi connectivity index (χ1) is 35.1. The SMILES string of the molecule is C/C=C\C(=C/CC)c1ccc(N(c2ccc3c(c2)c2ccccc2n3-c2ccccc2)c2ccc3c4cc5c(cc4n(-c4ccccc4)c3c2)-c2ccccc2C52C3=C(C=CCC3)c3ccccc32)cc1. The second kappa shape index (κ2) is 16.2. The maximum Gasteiger partial charge on any atom is 0.0688 e. The molecule has 1 unspecified atom stereocenters. The van der Waals surface area contributed by atoms with Crippen LogP contribution in [0.1, 0.15) is 60.9 Å². The molecule has 2 aromatic heterocycles. The Balaban J connectivity index is 1.02. The van der Waals surface area contributed by atoms with Gasteiger partial charge in [0.15, 0.2) is 0 Å². The van der Waals surface area contributed by atoms with Crippen LogP contribution in [0.25, 0.3) is 77.3 Å². The fourth-order valence-corrected chi connectivity index (χ4v) is 12.8. The van der Waals surface area contributed by atoms with E-state index in [1.807, 2.05) is 0 Å². The Morgan fingerprint density at radius 3 is 1.86 bits per heavy atom. The highest BCUT2D eigenvalue weighted by Crippen LogP contribution is 2.64. The first-order valence-electron chi connectivity index (χ1n) is 25.3. The van der Waals surface area contributed by atoms with Crippen molar-refractivity contribution >= 4 is 71.8 Å². The summed E-state index contributed by atoms with van der Waals surface area (Å²) in [5.41, 5.74) is 23.6. The van der Waals surface area contributed by atoms with Crippen LogP contribution < -0.4 is 4.90 Å². The Hall–Kier alpha value is -8.66. The van der Waals surface area contributed by atoms with Crippen molar-refractivity contribution in [3.63, 3.8) is 0 Å². The summed E-state index contributed by atoms with van der Waals surface area (Å²) in [6.45, 7) is 4.30. The number of aromatic nitrogens is 2. The molecule has 0 saturated carbocycles. The molecular formula is C68H51N3. The highest BCUT2D eigenvalue weighted by atomic mass is 15.1. The van der Waals surface area contributed by atoms with Crippen LogP contribution in [-0.2, 0) is 5.41 Å². The van der Waals surface area contributed by atoms with Crippen molar-refractivity contribution in [3.05, 3.63) is 270 Å². The van der Waals surface area contributed by atoms with Crippen LogP contribution in [-0.4, -0.2) is 9.13 Å². The molecule has 0 amide bonds. The van der Waals surface area contributed by atoms with Gasteiger partial charge in [-0.05, 0) is 167 Å². The zero-order valence-electron chi connectivity index (χ0n) is 40.0. The lowest BCUT2D eigenvalue weighted by molar-refractivity contribution is 0.715. The summed E-state index contributed by atoms with van der Waals surface area (Å²) >= 11 is 0. The molecule has 1 spiro atoms. The molecule has 1 atom stereocenters. The van der Waals surface area contributed by atoms with E-state index >= 15 is 0 Å². The summed E-state index contributed by atoms with van der Waals surface area (Å²) in [4.78, 5) is 2.45. The summed E-state index contributed by atoms with van der Waals surface area (Å²) in [5.74, 6) is 0. The van der Waals surface area contributed by atoms with E-state index < -0.39 is 0 Å². The number of allylic oxidation sites excluding steroid dienone is 8. The molecule has 9 aromatic carbocycles. The van der Waals surface area contributed by atoms with E-state index in [0.29, 0.717) is 0 Å². The van der Waals surface area contributed by atoms with Gasteiger partial charge in [0.05, 0.1) is 27.5 Å². The van der Waals surface area contributed by atoms with Crippen LogP contribution >= 0.6 is 0 Å². The highest BCUT2D eigenvalue weighted by Gasteiger charge is 2.52. The molecule has 11 aromatic rings. The molecule has 3 aliphatic carbocycles. The number of fused-ring (bicyclic) bond motifs is 15. The van der Waals surface area contributed by atoms with Gasteiger partial charge in [0.25, 0.3) is 0 Å². The van der Waals surface area contributed by atoms with E-state index in [1.54, 1.807) is 0 Å². The van der Waals surface area contributed by atoms with Crippen LogP contribution in [0, 0.1) is 0 Å². The molecule has 3 nitrogen and oxygen atoms in total. The van der Waals surface area contributed by atoms with Gasteiger partial charge in [-0.15, -0.1) is 0 Å². The fourth-order valence-electron chi connectivity index (χ4n) is 12.8. The van der Waals surface area contributed by atoms with Crippen molar-refractivity contribution in [2.24, 2.45) is 0 Å². The number of para-hydroxylation sites is 3. The minimum atomic E-state index is -0.345. The van der Waals surface area contributed by atoms with E-state index in [1.165, 1.54) is 99.3 Å². The van der Waals surface area contributed by atoms with Crippen molar-refractivity contribution in [2.75, 3.05) is 4.90 Å². The second-order valence-corrected chi connectivity index (χ2v) is 19.3. The molecule has 0 radical (unpaired) electrons. The lowest BCUT2D eigenvalue weighted by atomic mass is 9.68. The molecule has 71 heavy (non-hydrogen) atoms. The van der Waals surface area contributed by atoms with Crippen LogP contribution in [0.15, 0.2) is 242 Å². The fraction of sp³-hybridized carbons (Fsp3) is 0.0882. The number of hydrogen-bond donors (Lipinski definition) is 0. The number of rotatable bonds is 8. The average molecular weight is 910 g/mol. The Bertz CT molecular complexity index is 4080.